The first-order valence-corrected chi connectivity index (χ1v) is 15.8. The summed E-state index contributed by atoms with van der Waals surface area (Å²) in [5.74, 6) is -0.0838. The average Bonchev–Trinajstić information content (AvgIpc) is 2.81. The van der Waals surface area contributed by atoms with Gasteiger partial charge in [0.2, 0.25) is 5.91 Å². The van der Waals surface area contributed by atoms with Gasteiger partial charge < -0.3 is 5.32 Å². The van der Waals surface area contributed by atoms with Crippen LogP contribution in [0.2, 0.25) is 0 Å². The van der Waals surface area contributed by atoms with Crippen LogP contribution >= 0.6 is 30.8 Å². The van der Waals surface area contributed by atoms with Gasteiger partial charge in [0.05, 0.1) is 6.04 Å². The van der Waals surface area contributed by atoms with Crippen molar-refractivity contribution < 1.29 is 24.0 Å². The zero-order chi connectivity index (χ0) is 25.8. The number of halogens is 1. The molecule has 0 aliphatic carbocycles. The first kappa shape index (κ1) is 32.5. The molecule has 200 valence electrons. The second-order valence-electron chi connectivity index (χ2n) is 9.24. The maximum atomic E-state index is 12.4. The van der Waals surface area contributed by atoms with Gasteiger partial charge in [-0.05, 0) is 78.8 Å². The van der Waals surface area contributed by atoms with E-state index < -0.39 is 14.2 Å². The smallest absolute Gasteiger partial charge is 0.351 e. The minimum absolute atomic E-state index is 0.0838. The van der Waals surface area contributed by atoms with E-state index in [9.17, 15) is 4.79 Å². The van der Waals surface area contributed by atoms with Crippen LogP contribution in [0.3, 0.4) is 0 Å². The lowest BCUT2D eigenvalue weighted by molar-refractivity contribution is -0.122. The molecule has 0 saturated heterocycles. The monoisotopic (exact) mass is 622 g/mol. The van der Waals surface area contributed by atoms with Gasteiger partial charge in [-0.2, -0.15) is 19.2 Å². The normalized spacial score (nSPS) is 12.8. The van der Waals surface area contributed by atoms with Crippen LogP contribution in [0.15, 0.2) is 36.4 Å². The topological polar surface area (TPSA) is 99.0 Å². The molecule has 0 spiro atoms. The number of rotatable bonds is 21. The number of unbranched alkanes of at least 4 members (excludes halogenated alkanes) is 11. The Morgan fingerprint density at radius 3 is 2.03 bits per heavy atom. The number of hydrogen-bond acceptors (Lipinski definition) is 5. The molecule has 0 aromatic heterocycles. The van der Waals surface area contributed by atoms with Crippen molar-refractivity contribution in [2.75, 3.05) is 6.61 Å². The van der Waals surface area contributed by atoms with Gasteiger partial charge in [0.1, 0.15) is 6.61 Å². The molecule has 1 amide bonds. The maximum absolute atomic E-state index is 12.4. The van der Waals surface area contributed by atoms with Crippen LogP contribution < -0.4 is 5.32 Å². The molecule has 0 fully saturated rings. The molecule has 0 heterocycles. The van der Waals surface area contributed by atoms with E-state index in [1.807, 2.05) is 24.3 Å². The minimum Gasteiger partial charge on any atom is -0.351 e. The Kier molecular flexibility index (Phi) is 19.0. The zero-order valence-corrected chi connectivity index (χ0v) is 24.4. The average molecular weight is 623 g/mol. The van der Waals surface area contributed by atoms with Crippen molar-refractivity contribution in [3.8, 4) is 0 Å². The molecule has 0 bridgehead atoms. The summed E-state index contributed by atoms with van der Waals surface area (Å²) >= 11 is 2.22. The number of allylic oxidation sites excluding steroid dienone is 2. The molecule has 0 radical (unpaired) electrons. The summed E-state index contributed by atoms with van der Waals surface area (Å²) < 4.78 is 5.89. The Hall–Kier alpha value is -0.570. The van der Waals surface area contributed by atoms with E-state index in [4.69, 9.17) is 19.2 Å². The molecular weight excluding hydrogens is 576 g/mol. The van der Waals surface area contributed by atoms with Crippen LogP contribution in [-0.4, -0.2) is 33.2 Å². The fraction of sp³-hybridized carbons (Fsp3) is 0.667. The summed E-state index contributed by atoms with van der Waals surface area (Å²) in [6.45, 7) is 2.09. The number of carbonyl (C=O) groups excluding carboxylic acids is 1. The van der Waals surface area contributed by atoms with E-state index in [0.717, 1.165) is 34.8 Å². The van der Waals surface area contributed by atoms with Gasteiger partial charge >= 0.3 is 8.17 Å². The summed E-state index contributed by atoms with van der Waals surface area (Å²) in [7, 11) is -4.34. The molecule has 0 saturated carbocycles. The Balaban J connectivity index is 2.15. The van der Waals surface area contributed by atoms with E-state index >= 15 is 0 Å². The molecule has 4 N–H and O–H groups in total. The van der Waals surface area contributed by atoms with Gasteiger partial charge in [0.15, 0.2) is 0 Å². The van der Waals surface area contributed by atoms with Crippen LogP contribution in [0.5, 0.6) is 0 Å². The summed E-state index contributed by atoms with van der Waals surface area (Å²) in [4.78, 5) is 39.8. The van der Waals surface area contributed by atoms with Crippen molar-refractivity contribution >= 4 is 36.7 Å². The van der Waals surface area contributed by atoms with Crippen molar-refractivity contribution in [1.29, 1.82) is 0 Å². The van der Waals surface area contributed by atoms with Crippen molar-refractivity contribution in [2.24, 2.45) is 0 Å². The van der Waals surface area contributed by atoms with Gasteiger partial charge in [0, 0.05) is 9.99 Å². The Morgan fingerprint density at radius 1 is 0.914 bits per heavy atom. The molecule has 0 aliphatic rings. The van der Waals surface area contributed by atoms with Crippen LogP contribution in [-0.2, 0) is 15.7 Å². The van der Waals surface area contributed by atoms with Gasteiger partial charge in [-0.3, -0.25) is 4.79 Å². The van der Waals surface area contributed by atoms with Crippen LogP contribution in [0.1, 0.15) is 102 Å². The largest absolute Gasteiger partial charge is 0.567 e. The highest BCUT2D eigenvalue weighted by atomic mass is 127. The number of hydrogen-bond donors (Lipinski definition) is 4. The standard InChI is InChI=1S/C27H45INO5P/c1-2-3-4-5-6-7-8-9-10-11-12-13-14-15-16-17-27(30)29-26(23-34-35(31,32)33)22-24-18-20-25(28)21-19-24/h9-10,18-21,26,31-33H,2-8,11-17,22-23H2,1H3/p+1/b10-9-/t26-/m1/s1. The zero-order valence-electron chi connectivity index (χ0n) is 21.3. The maximum Gasteiger partial charge on any atom is 0.567 e. The number of nitrogens with one attached hydrogen (secondary N) is 1. The Bertz CT molecular complexity index is 694. The predicted octanol–water partition coefficient (Wildman–Crippen LogP) is 7.03. The lowest BCUT2D eigenvalue weighted by Gasteiger charge is -2.18. The minimum atomic E-state index is -4.34. The van der Waals surface area contributed by atoms with Gasteiger partial charge in [-0.1, -0.05) is 82.6 Å². The van der Waals surface area contributed by atoms with E-state index in [1.54, 1.807) is 0 Å². The summed E-state index contributed by atoms with van der Waals surface area (Å²) in [6.07, 6.45) is 21.3. The van der Waals surface area contributed by atoms with E-state index in [0.29, 0.717) is 12.8 Å². The first-order chi connectivity index (χ1) is 16.8. The molecular formula is C27H46INO5P+. The van der Waals surface area contributed by atoms with E-state index in [2.05, 4.69) is 47.0 Å². The highest BCUT2D eigenvalue weighted by Crippen LogP contribution is 2.45. The van der Waals surface area contributed by atoms with Crippen molar-refractivity contribution in [3.63, 3.8) is 0 Å². The van der Waals surface area contributed by atoms with Crippen molar-refractivity contribution in [3.05, 3.63) is 45.6 Å². The number of carbonyl (C=O) groups is 1. The molecule has 1 aromatic rings. The molecule has 1 rings (SSSR count). The second kappa shape index (κ2) is 20.5. The van der Waals surface area contributed by atoms with Crippen molar-refractivity contribution in [2.45, 2.75) is 109 Å². The molecule has 35 heavy (non-hydrogen) atoms. The third kappa shape index (κ3) is 20.2. The summed E-state index contributed by atoms with van der Waals surface area (Å²) in [5.41, 5.74) is 0.998. The molecule has 0 aliphatic heterocycles. The SMILES string of the molecule is CCCCCCCC/C=C\CCCCCCCC(=O)N[C@@H](CO[P+](O)(O)O)Cc1ccc(I)cc1. The van der Waals surface area contributed by atoms with Gasteiger partial charge in [0.25, 0.3) is 0 Å². The van der Waals surface area contributed by atoms with Crippen LogP contribution in [0, 0.1) is 3.57 Å². The fourth-order valence-electron chi connectivity index (χ4n) is 3.90. The molecule has 1 aromatic carbocycles. The van der Waals surface area contributed by atoms with Crippen LogP contribution in [0.25, 0.3) is 0 Å². The number of amides is 1. The van der Waals surface area contributed by atoms with E-state index in [1.165, 1.54) is 57.8 Å². The third-order valence-electron chi connectivity index (χ3n) is 5.88. The van der Waals surface area contributed by atoms with Gasteiger partial charge in [-0.15, -0.1) is 0 Å². The van der Waals surface area contributed by atoms with Crippen molar-refractivity contribution in [1.82, 2.24) is 5.32 Å². The fourth-order valence-corrected chi connectivity index (χ4v) is 4.64. The highest BCUT2D eigenvalue weighted by Gasteiger charge is 2.34. The molecule has 0 unspecified atom stereocenters. The summed E-state index contributed by atoms with van der Waals surface area (Å²) in [6, 6.07) is 7.43. The predicted molar refractivity (Wildman–Crippen MR) is 154 cm³/mol. The number of benzene rings is 1. The Morgan fingerprint density at radius 2 is 1.46 bits per heavy atom. The highest BCUT2D eigenvalue weighted by molar-refractivity contribution is 14.1. The van der Waals surface area contributed by atoms with Crippen LogP contribution in [0.4, 0.5) is 0 Å². The quantitative estimate of drug-likeness (QED) is 0.0511. The summed E-state index contributed by atoms with van der Waals surface area (Å²) in [5, 5.41) is 2.91. The molecule has 6 nitrogen and oxygen atoms in total. The molecule has 8 heteroatoms. The first-order valence-electron chi connectivity index (χ1n) is 13.2. The van der Waals surface area contributed by atoms with Gasteiger partial charge in [-0.25, -0.2) is 0 Å². The lowest BCUT2D eigenvalue weighted by Crippen LogP contribution is -2.39. The second-order valence-corrected chi connectivity index (χ2v) is 11.8. The molecule has 1 atom stereocenters. The van der Waals surface area contributed by atoms with E-state index in [-0.39, 0.29) is 12.5 Å². The third-order valence-corrected chi connectivity index (χ3v) is 7.09. The Labute approximate surface area is 226 Å². The lowest BCUT2D eigenvalue weighted by atomic mass is 10.1.